The third-order valence-corrected chi connectivity index (χ3v) is 2.48. The lowest BCUT2D eigenvalue weighted by Gasteiger charge is -2.26. The lowest BCUT2D eigenvalue weighted by Crippen LogP contribution is -2.41. The molecule has 0 spiro atoms. The second kappa shape index (κ2) is 4.55. The molecule has 1 aromatic heterocycles. The summed E-state index contributed by atoms with van der Waals surface area (Å²) in [4.78, 5) is 15.2. The van der Waals surface area contributed by atoms with Crippen LogP contribution < -0.4 is 5.32 Å². The van der Waals surface area contributed by atoms with Gasteiger partial charge in [0.05, 0.1) is 10.9 Å². The number of halogens is 1. The monoisotopic (exact) mass is 256 g/mol. The van der Waals surface area contributed by atoms with Gasteiger partial charge in [-0.1, -0.05) is 15.9 Å². The smallest absolute Gasteiger partial charge is 0.231 e. The van der Waals surface area contributed by atoms with Crippen molar-refractivity contribution >= 4 is 21.8 Å². The molecule has 0 atom stereocenters. The molecule has 1 heterocycles. The fraction of sp³-hybridized carbons (Fsp3) is 0.400. The Bertz CT molecular complexity index is 311. The second-order valence-corrected chi connectivity index (χ2v) is 4.10. The minimum absolute atomic E-state index is 0.0215. The third kappa shape index (κ3) is 2.80. The highest BCUT2D eigenvalue weighted by Crippen LogP contribution is 2.18. The number of aromatic nitrogens is 1. The maximum Gasteiger partial charge on any atom is 0.231 e. The van der Waals surface area contributed by atoms with E-state index < -0.39 is 0 Å². The van der Waals surface area contributed by atoms with E-state index in [0.29, 0.717) is 5.33 Å². The Labute approximate surface area is 92.1 Å². The summed E-state index contributed by atoms with van der Waals surface area (Å²) in [5, 5.41) is 3.23. The molecule has 0 unspecified atom stereocenters. The van der Waals surface area contributed by atoms with Gasteiger partial charge in [0.1, 0.15) is 0 Å². The summed E-state index contributed by atoms with van der Waals surface area (Å²) in [5.41, 5.74) is 0.690. The van der Waals surface area contributed by atoms with Crippen LogP contribution in [-0.2, 0) is 10.3 Å². The average molecular weight is 257 g/mol. The minimum Gasteiger partial charge on any atom is -0.346 e. The van der Waals surface area contributed by atoms with Crippen molar-refractivity contribution in [1.82, 2.24) is 10.3 Å². The van der Waals surface area contributed by atoms with E-state index in [4.69, 9.17) is 0 Å². The number of hydrogen-bond acceptors (Lipinski definition) is 2. The maximum atomic E-state index is 11.2. The number of rotatable bonds is 3. The van der Waals surface area contributed by atoms with Gasteiger partial charge in [-0.2, -0.15) is 0 Å². The van der Waals surface area contributed by atoms with Crippen LogP contribution in [-0.4, -0.2) is 16.2 Å². The van der Waals surface area contributed by atoms with Crippen LogP contribution in [0.15, 0.2) is 24.5 Å². The largest absolute Gasteiger partial charge is 0.346 e. The Kier molecular flexibility index (Phi) is 3.63. The van der Waals surface area contributed by atoms with Crippen molar-refractivity contribution in [1.29, 1.82) is 0 Å². The normalized spacial score (nSPS) is 11.1. The van der Waals surface area contributed by atoms with Crippen molar-refractivity contribution in [3.63, 3.8) is 0 Å². The minimum atomic E-state index is -0.353. The number of carbonyl (C=O) groups is 1. The molecular weight excluding hydrogens is 244 g/mol. The van der Waals surface area contributed by atoms with E-state index in [1.165, 1.54) is 0 Å². The van der Waals surface area contributed by atoms with Crippen molar-refractivity contribution in [3.05, 3.63) is 30.1 Å². The van der Waals surface area contributed by atoms with Gasteiger partial charge in [-0.3, -0.25) is 9.78 Å². The van der Waals surface area contributed by atoms with Crippen molar-refractivity contribution in [2.45, 2.75) is 19.4 Å². The second-order valence-electron chi connectivity index (χ2n) is 3.54. The third-order valence-electron chi connectivity index (χ3n) is 1.98. The SMILES string of the molecule is CC(C)(NC(=O)CBr)c1ccncc1. The summed E-state index contributed by atoms with van der Waals surface area (Å²) in [5.74, 6) is -0.0215. The summed E-state index contributed by atoms with van der Waals surface area (Å²) in [7, 11) is 0. The highest BCUT2D eigenvalue weighted by molar-refractivity contribution is 9.09. The van der Waals surface area contributed by atoms with E-state index in [0.717, 1.165) is 5.56 Å². The van der Waals surface area contributed by atoms with E-state index >= 15 is 0 Å². The van der Waals surface area contributed by atoms with E-state index in [1.807, 2.05) is 26.0 Å². The van der Waals surface area contributed by atoms with Crippen LogP contribution in [0.3, 0.4) is 0 Å². The lowest BCUT2D eigenvalue weighted by atomic mass is 9.95. The summed E-state index contributed by atoms with van der Waals surface area (Å²) in [6, 6.07) is 3.79. The van der Waals surface area contributed by atoms with Gasteiger partial charge in [0.25, 0.3) is 0 Å². The Morgan fingerprint density at radius 1 is 1.50 bits per heavy atom. The Morgan fingerprint density at radius 3 is 2.57 bits per heavy atom. The molecule has 0 aliphatic heterocycles. The first-order valence-corrected chi connectivity index (χ1v) is 5.46. The van der Waals surface area contributed by atoms with Crippen molar-refractivity contribution < 1.29 is 4.79 Å². The van der Waals surface area contributed by atoms with Gasteiger partial charge in [0.2, 0.25) is 5.91 Å². The zero-order valence-electron chi connectivity index (χ0n) is 8.25. The molecule has 0 aliphatic carbocycles. The molecular formula is C10H13BrN2O. The van der Waals surface area contributed by atoms with Gasteiger partial charge in [-0.25, -0.2) is 0 Å². The van der Waals surface area contributed by atoms with Crippen LogP contribution in [0, 0.1) is 0 Å². The number of carbonyl (C=O) groups excluding carboxylic acids is 1. The summed E-state index contributed by atoms with van der Waals surface area (Å²) in [6.07, 6.45) is 3.44. The van der Waals surface area contributed by atoms with Gasteiger partial charge in [-0.05, 0) is 31.5 Å². The number of pyridine rings is 1. The molecule has 0 aromatic carbocycles. The standard InChI is InChI=1S/C10H13BrN2O/c1-10(2,13-9(14)7-11)8-3-5-12-6-4-8/h3-6H,7H2,1-2H3,(H,13,14). The predicted molar refractivity (Wildman–Crippen MR) is 59.2 cm³/mol. The quantitative estimate of drug-likeness (QED) is 0.839. The fourth-order valence-corrected chi connectivity index (χ4v) is 1.36. The molecule has 3 nitrogen and oxygen atoms in total. The molecule has 0 aliphatic rings. The molecule has 0 fully saturated rings. The van der Waals surface area contributed by atoms with Crippen LogP contribution in [0.25, 0.3) is 0 Å². The summed E-state index contributed by atoms with van der Waals surface area (Å²) < 4.78 is 0. The van der Waals surface area contributed by atoms with E-state index in [2.05, 4.69) is 26.2 Å². The van der Waals surface area contributed by atoms with Crippen molar-refractivity contribution in [2.75, 3.05) is 5.33 Å². The van der Waals surface area contributed by atoms with Gasteiger partial charge >= 0.3 is 0 Å². The highest BCUT2D eigenvalue weighted by Gasteiger charge is 2.21. The Hall–Kier alpha value is -0.900. The lowest BCUT2D eigenvalue weighted by molar-refractivity contribution is -0.120. The average Bonchev–Trinajstić information content (AvgIpc) is 2.18. The van der Waals surface area contributed by atoms with E-state index in [1.54, 1.807) is 12.4 Å². The topological polar surface area (TPSA) is 42.0 Å². The highest BCUT2D eigenvalue weighted by atomic mass is 79.9. The van der Waals surface area contributed by atoms with Gasteiger partial charge in [0.15, 0.2) is 0 Å². The van der Waals surface area contributed by atoms with Crippen LogP contribution in [0.5, 0.6) is 0 Å². The zero-order chi connectivity index (χ0) is 10.6. The number of amides is 1. The van der Waals surface area contributed by atoms with Crippen LogP contribution in [0.2, 0.25) is 0 Å². The van der Waals surface area contributed by atoms with Gasteiger partial charge in [-0.15, -0.1) is 0 Å². The molecule has 1 N–H and O–H groups in total. The maximum absolute atomic E-state index is 11.2. The van der Waals surface area contributed by atoms with Crippen LogP contribution in [0.1, 0.15) is 19.4 Å². The fourth-order valence-electron chi connectivity index (χ4n) is 1.22. The summed E-state index contributed by atoms with van der Waals surface area (Å²) in [6.45, 7) is 3.92. The number of alkyl halides is 1. The van der Waals surface area contributed by atoms with Gasteiger partial charge in [0, 0.05) is 12.4 Å². The molecule has 76 valence electrons. The van der Waals surface area contributed by atoms with Gasteiger partial charge < -0.3 is 5.32 Å². The summed E-state index contributed by atoms with van der Waals surface area (Å²) >= 11 is 3.12. The Balaban J connectivity index is 2.80. The first-order chi connectivity index (χ1) is 6.56. The molecule has 4 heteroatoms. The molecule has 1 rings (SSSR count). The van der Waals surface area contributed by atoms with E-state index in [-0.39, 0.29) is 11.4 Å². The first kappa shape index (κ1) is 11.2. The van der Waals surface area contributed by atoms with Crippen LogP contribution in [0.4, 0.5) is 0 Å². The van der Waals surface area contributed by atoms with Crippen molar-refractivity contribution in [2.24, 2.45) is 0 Å². The number of nitrogens with one attached hydrogen (secondary N) is 1. The molecule has 0 saturated carbocycles. The predicted octanol–water partition coefficient (Wildman–Crippen LogP) is 1.83. The Morgan fingerprint density at radius 2 is 2.07 bits per heavy atom. The first-order valence-electron chi connectivity index (χ1n) is 4.34. The van der Waals surface area contributed by atoms with Crippen LogP contribution >= 0.6 is 15.9 Å². The number of nitrogens with zero attached hydrogens (tertiary/aromatic N) is 1. The molecule has 14 heavy (non-hydrogen) atoms. The van der Waals surface area contributed by atoms with E-state index in [9.17, 15) is 4.79 Å². The molecule has 0 radical (unpaired) electrons. The van der Waals surface area contributed by atoms with Crippen molar-refractivity contribution in [3.8, 4) is 0 Å². The molecule has 0 saturated heterocycles. The number of hydrogen-bond donors (Lipinski definition) is 1. The molecule has 1 aromatic rings. The molecule has 1 amide bonds. The molecule has 0 bridgehead atoms. The zero-order valence-corrected chi connectivity index (χ0v) is 9.84.